The van der Waals surface area contributed by atoms with Crippen LogP contribution in [-0.4, -0.2) is 69.7 Å². The molecular formula is C48H54N2O8. The summed E-state index contributed by atoms with van der Waals surface area (Å²) in [5.74, 6) is 2.52. The van der Waals surface area contributed by atoms with Crippen LogP contribution in [0, 0.1) is 35.5 Å². The molecule has 2 N–H and O–H groups in total. The zero-order valence-corrected chi connectivity index (χ0v) is 33.8. The molecule has 4 fully saturated rings. The molecule has 6 unspecified atom stereocenters. The first-order valence-electron chi connectivity index (χ1n) is 20.7. The van der Waals surface area contributed by atoms with Crippen LogP contribution in [0.2, 0.25) is 0 Å². The third-order valence-corrected chi connectivity index (χ3v) is 12.8. The number of ether oxygens (including phenoxy) is 2. The Morgan fingerprint density at radius 1 is 0.569 bits per heavy atom. The molecule has 0 spiro atoms. The second-order valence-electron chi connectivity index (χ2n) is 16.4. The van der Waals surface area contributed by atoms with Gasteiger partial charge < -0.3 is 19.7 Å². The van der Waals surface area contributed by atoms with E-state index in [-0.39, 0.29) is 35.3 Å². The first kappa shape index (κ1) is 41.4. The van der Waals surface area contributed by atoms with Crippen molar-refractivity contribution < 1.29 is 38.9 Å². The van der Waals surface area contributed by atoms with E-state index in [0.29, 0.717) is 95.1 Å². The van der Waals surface area contributed by atoms with Crippen LogP contribution in [0.1, 0.15) is 142 Å². The average Bonchev–Trinajstić information content (AvgIpc) is 3.90. The lowest BCUT2D eigenvalue weighted by Crippen LogP contribution is -2.14. The first-order valence-corrected chi connectivity index (χ1v) is 20.7. The van der Waals surface area contributed by atoms with E-state index in [0.717, 1.165) is 36.8 Å². The summed E-state index contributed by atoms with van der Waals surface area (Å²) in [6.07, 6.45) is 3.54. The van der Waals surface area contributed by atoms with Gasteiger partial charge in [-0.25, -0.2) is 9.97 Å². The fourth-order valence-corrected chi connectivity index (χ4v) is 9.62. The molecule has 0 radical (unpaired) electrons. The van der Waals surface area contributed by atoms with Gasteiger partial charge in [0.25, 0.3) is 0 Å². The molecule has 8 rings (SSSR count). The van der Waals surface area contributed by atoms with Crippen LogP contribution in [0.25, 0.3) is 0 Å². The zero-order valence-electron chi connectivity index (χ0n) is 33.8. The quantitative estimate of drug-likeness (QED) is 0.107. The number of Topliss-reactive ketones (excluding diaryl/α,β-unsaturated/α-hetero) is 4. The molecule has 4 saturated carbocycles. The van der Waals surface area contributed by atoms with Crippen LogP contribution in [0.5, 0.6) is 0 Å². The monoisotopic (exact) mass is 786 g/mol. The molecule has 2 aromatic carbocycles. The highest BCUT2D eigenvalue weighted by atomic mass is 16.5. The van der Waals surface area contributed by atoms with E-state index < -0.39 is 12.2 Å². The minimum Gasteiger partial charge on any atom is -0.393 e. The van der Waals surface area contributed by atoms with Crippen LogP contribution >= 0.6 is 0 Å². The van der Waals surface area contributed by atoms with Gasteiger partial charge in [-0.1, -0.05) is 74.5 Å². The van der Waals surface area contributed by atoms with E-state index in [2.05, 4.69) is 9.97 Å². The third-order valence-electron chi connectivity index (χ3n) is 12.8. The Hall–Kier alpha value is -4.74. The Morgan fingerprint density at radius 2 is 0.914 bits per heavy atom. The van der Waals surface area contributed by atoms with Gasteiger partial charge in [0, 0.05) is 51.0 Å². The number of methoxy groups -OCH3 is 2. The number of rotatable bonds is 16. The van der Waals surface area contributed by atoms with Gasteiger partial charge in [0.05, 0.1) is 23.6 Å². The number of fused-ring (bicyclic) bond motifs is 2. The molecule has 4 aliphatic carbocycles. The van der Waals surface area contributed by atoms with Crippen molar-refractivity contribution >= 4 is 23.1 Å². The van der Waals surface area contributed by atoms with Gasteiger partial charge in [-0.15, -0.1) is 0 Å². The van der Waals surface area contributed by atoms with Gasteiger partial charge in [-0.3, -0.25) is 19.2 Å². The summed E-state index contributed by atoms with van der Waals surface area (Å²) in [4.78, 5) is 59.9. The molecule has 0 amide bonds. The first-order chi connectivity index (χ1) is 28.0. The number of hydrogen-bond acceptors (Lipinski definition) is 10. The number of ketones is 4. The smallest absolute Gasteiger partial charge is 0.180 e. The second-order valence-corrected chi connectivity index (χ2v) is 16.4. The van der Waals surface area contributed by atoms with E-state index in [1.165, 1.54) is 0 Å². The number of nitrogens with zero attached hydrogens (tertiary/aromatic N) is 2. The van der Waals surface area contributed by atoms with Crippen LogP contribution in [-0.2, 0) is 9.47 Å². The van der Waals surface area contributed by atoms with Crippen LogP contribution in [0.3, 0.4) is 0 Å². The number of aliphatic hydroxyl groups excluding tert-OH is 2. The largest absolute Gasteiger partial charge is 0.393 e. The average molecular weight is 787 g/mol. The van der Waals surface area contributed by atoms with E-state index in [1.807, 2.05) is 60.7 Å². The zero-order chi connectivity index (χ0) is 41.1. The summed E-state index contributed by atoms with van der Waals surface area (Å²) >= 11 is 0. The molecule has 2 aromatic heterocycles. The van der Waals surface area contributed by atoms with Gasteiger partial charge >= 0.3 is 0 Å². The number of hydrogen-bond donors (Lipinski definition) is 2. The number of carbonyl (C=O) groups excluding carboxylic acids is 4. The van der Waals surface area contributed by atoms with E-state index in [1.54, 1.807) is 52.3 Å². The maximum Gasteiger partial charge on any atom is 0.180 e. The van der Waals surface area contributed by atoms with Crippen molar-refractivity contribution in [3.63, 3.8) is 0 Å². The lowest BCUT2D eigenvalue weighted by molar-refractivity contribution is 0.0949. The highest BCUT2D eigenvalue weighted by molar-refractivity contribution is 6.01. The summed E-state index contributed by atoms with van der Waals surface area (Å²) in [5.41, 5.74) is 4.68. The van der Waals surface area contributed by atoms with Gasteiger partial charge in [-0.05, 0) is 96.6 Å². The van der Waals surface area contributed by atoms with Crippen molar-refractivity contribution in [3.8, 4) is 0 Å². The maximum atomic E-state index is 13.0. The number of carbonyl (C=O) groups is 4. The summed E-state index contributed by atoms with van der Waals surface area (Å²) in [7, 11) is 3.21. The molecule has 304 valence electrons. The highest BCUT2D eigenvalue weighted by Gasteiger charge is 2.56. The standard InChI is InChI=1S/2C24H27NO4/c2*1-3-22(27)20-9-15(23(28)13-19-17-11-16(26)12-18(17)19)10-21(25-20)24(29-2)14-7-5-4-6-8-14/h2*4-10,16-19,24,26H,3,11-13H2,1-2H3/t2*16?,17-,18+,19?,24?. The highest BCUT2D eigenvalue weighted by Crippen LogP contribution is 2.60. The van der Waals surface area contributed by atoms with E-state index in [9.17, 15) is 29.4 Å². The Morgan fingerprint density at radius 3 is 1.22 bits per heavy atom. The fourth-order valence-electron chi connectivity index (χ4n) is 9.62. The molecule has 0 bridgehead atoms. The molecule has 2 heterocycles. The van der Waals surface area contributed by atoms with E-state index in [4.69, 9.17) is 9.47 Å². The van der Waals surface area contributed by atoms with Crippen LogP contribution < -0.4 is 0 Å². The van der Waals surface area contributed by atoms with Crippen molar-refractivity contribution in [1.29, 1.82) is 0 Å². The van der Waals surface area contributed by atoms with Crippen molar-refractivity contribution in [3.05, 3.63) is 130 Å². The molecule has 4 aliphatic rings. The number of pyridine rings is 2. The molecule has 0 saturated heterocycles. The molecule has 10 heteroatoms. The summed E-state index contributed by atoms with van der Waals surface area (Å²) in [6, 6.07) is 26.1. The van der Waals surface area contributed by atoms with Crippen LogP contribution in [0.4, 0.5) is 0 Å². The number of benzene rings is 2. The van der Waals surface area contributed by atoms with Gasteiger partial charge in [-0.2, -0.15) is 0 Å². The van der Waals surface area contributed by atoms with E-state index >= 15 is 0 Å². The predicted molar refractivity (Wildman–Crippen MR) is 218 cm³/mol. The number of aliphatic hydroxyl groups is 2. The Bertz CT molecular complexity index is 1950. The predicted octanol–water partition coefficient (Wildman–Crippen LogP) is 8.00. The molecule has 10 nitrogen and oxygen atoms in total. The summed E-state index contributed by atoms with van der Waals surface area (Å²) in [5, 5.41) is 19.4. The molecule has 10 atom stereocenters. The Kier molecular flexibility index (Phi) is 12.9. The third kappa shape index (κ3) is 9.10. The lowest BCUT2D eigenvalue weighted by Gasteiger charge is -2.17. The molecular weight excluding hydrogens is 733 g/mol. The minimum absolute atomic E-state index is 0.0376. The van der Waals surface area contributed by atoms with Gasteiger partial charge in [0.15, 0.2) is 23.1 Å². The molecule has 0 aliphatic heterocycles. The van der Waals surface area contributed by atoms with Gasteiger partial charge in [0.2, 0.25) is 0 Å². The number of aromatic nitrogens is 2. The van der Waals surface area contributed by atoms with Gasteiger partial charge in [0.1, 0.15) is 23.6 Å². The lowest BCUT2D eigenvalue weighted by atomic mass is 9.97. The second kappa shape index (κ2) is 18.0. The molecule has 4 aromatic rings. The fraction of sp³-hybridized carbons (Fsp3) is 0.458. The minimum atomic E-state index is -0.442. The Balaban J connectivity index is 0.000000177. The summed E-state index contributed by atoms with van der Waals surface area (Å²) in [6.45, 7) is 3.58. The SMILES string of the molecule is CCC(=O)c1cc(C(=O)CC2[C@H]3CC(O)C[C@@H]23)cc(C(OC)c2ccccc2)n1.CCC(=O)c1cc(C(=O)CC2[C@H]3CC(O)C[C@@H]23)cc(C(OC)c2ccccc2)n1. The Labute approximate surface area is 340 Å². The summed E-state index contributed by atoms with van der Waals surface area (Å²) < 4.78 is 11.4. The van der Waals surface area contributed by atoms with Crippen molar-refractivity contribution in [2.24, 2.45) is 35.5 Å². The van der Waals surface area contributed by atoms with Crippen LogP contribution in [0.15, 0.2) is 84.9 Å². The van der Waals surface area contributed by atoms with Crippen molar-refractivity contribution in [1.82, 2.24) is 9.97 Å². The van der Waals surface area contributed by atoms with Crippen molar-refractivity contribution in [2.75, 3.05) is 14.2 Å². The maximum absolute atomic E-state index is 13.0. The molecule has 58 heavy (non-hydrogen) atoms. The normalized spacial score (nSPS) is 26.0. The van der Waals surface area contributed by atoms with Crippen molar-refractivity contribution in [2.45, 2.75) is 89.6 Å². The topological polar surface area (TPSA) is 153 Å².